The van der Waals surface area contributed by atoms with Crippen molar-refractivity contribution in [3.63, 3.8) is 0 Å². The molecule has 108 valence electrons. The average Bonchev–Trinajstić information content (AvgIpc) is 2.41. The molecule has 0 aromatic heterocycles. The second-order valence-electron chi connectivity index (χ2n) is 4.15. The zero-order valence-electron chi connectivity index (χ0n) is 11.0. The van der Waals surface area contributed by atoms with E-state index in [-0.39, 0.29) is 12.3 Å². The summed E-state index contributed by atoms with van der Waals surface area (Å²) in [5.41, 5.74) is -1.07. The van der Waals surface area contributed by atoms with Gasteiger partial charge in [-0.15, -0.1) is 0 Å². The van der Waals surface area contributed by atoms with Crippen molar-refractivity contribution in [2.45, 2.75) is 33.0 Å². The van der Waals surface area contributed by atoms with Crippen LogP contribution in [0.5, 0.6) is 0 Å². The van der Waals surface area contributed by atoms with Crippen LogP contribution in [0, 0.1) is 17.5 Å². The van der Waals surface area contributed by atoms with Gasteiger partial charge >= 0.3 is 0 Å². The van der Waals surface area contributed by atoms with E-state index in [9.17, 15) is 13.2 Å². The lowest BCUT2D eigenvalue weighted by molar-refractivity contribution is 0.176. The number of methoxy groups -OCH3 is 1. The second-order valence-corrected chi connectivity index (χ2v) is 4.15. The fourth-order valence-corrected chi connectivity index (χ4v) is 1.75. The molecule has 0 saturated carbocycles. The Balaban J connectivity index is 3.24. The summed E-state index contributed by atoms with van der Waals surface area (Å²) in [5, 5.41) is 11.8. The van der Waals surface area contributed by atoms with Gasteiger partial charge in [0, 0.05) is 19.2 Å². The van der Waals surface area contributed by atoms with Crippen LogP contribution < -0.4 is 5.32 Å². The first-order chi connectivity index (χ1) is 9.08. The van der Waals surface area contributed by atoms with Crippen molar-refractivity contribution in [2.75, 3.05) is 19.0 Å². The Labute approximate surface area is 110 Å². The van der Waals surface area contributed by atoms with Gasteiger partial charge in [0.1, 0.15) is 0 Å². The normalized spacial score (nSPS) is 10.8. The fraction of sp³-hybridized carbons (Fsp3) is 0.538. The summed E-state index contributed by atoms with van der Waals surface area (Å²) in [7, 11) is 1.26. The summed E-state index contributed by atoms with van der Waals surface area (Å²) >= 11 is 0. The van der Waals surface area contributed by atoms with Gasteiger partial charge in [-0.2, -0.15) is 0 Å². The lowest BCUT2D eigenvalue weighted by Gasteiger charge is -2.16. The van der Waals surface area contributed by atoms with Crippen LogP contribution in [0.2, 0.25) is 0 Å². The molecule has 3 nitrogen and oxygen atoms in total. The molecule has 0 spiro atoms. The molecule has 6 heteroatoms. The van der Waals surface area contributed by atoms with Gasteiger partial charge in [-0.1, -0.05) is 13.3 Å². The van der Waals surface area contributed by atoms with E-state index in [1.165, 1.54) is 7.11 Å². The number of anilines is 1. The van der Waals surface area contributed by atoms with Crippen LogP contribution in [-0.4, -0.2) is 18.8 Å². The quantitative estimate of drug-likeness (QED) is 0.594. The van der Waals surface area contributed by atoms with E-state index < -0.39 is 35.2 Å². The number of hydrogen-bond acceptors (Lipinski definition) is 3. The summed E-state index contributed by atoms with van der Waals surface area (Å²) in [6.45, 7) is 1.22. The van der Waals surface area contributed by atoms with E-state index in [4.69, 9.17) is 5.11 Å². The molecule has 0 aliphatic heterocycles. The Morgan fingerprint density at radius 2 is 1.74 bits per heavy atom. The number of halogens is 3. The average molecular weight is 277 g/mol. The molecular formula is C13H18F3NO2. The van der Waals surface area contributed by atoms with Crippen LogP contribution in [0.3, 0.4) is 0 Å². The molecule has 0 aliphatic carbocycles. The third-order valence-corrected chi connectivity index (χ3v) is 2.79. The highest BCUT2D eigenvalue weighted by Crippen LogP contribution is 2.30. The van der Waals surface area contributed by atoms with E-state index in [2.05, 4.69) is 10.1 Å². The molecule has 19 heavy (non-hydrogen) atoms. The Morgan fingerprint density at radius 1 is 1.11 bits per heavy atom. The van der Waals surface area contributed by atoms with Gasteiger partial charge in [0.05, 0.1) is 24.5 Å². The minimum absolute atomic E-state index is 0.193. The summed E-state index contributed by atoms with van der Waals surface area (Å²) in [5.74, 6) is -3.47. The highest BCUT2D eigenvalue weighted by Gasteiger charge is 2.24. The Bertz CT molecular complexity index is 439. The number of rotatable bonds is 7. The maximum atomic E-state index is 14.1. The van der Waals surface area contributed by atoms with Gasteiger partial charge in [-0.3, -0.25) is 0 Å². The Morgan fingerprint density at radius 3 is 2.26 bits per heavy atom. The summed E-state index contributed by atoms with van der Waals surface area (Å²) in [4.78, 5) is 0. The van der Waals surface area contributed by atoms with E-state index >= 15 is 0 Å². The number of nitrogens with one attached hydrogen (secondary N) is 1. The van der Waals surface area contributed by atoms with Gasteiger partial charge < -0.3 is 15.2 Å². The van der Waals surface area contributed by atoms with Crippen molar-refractivity contribution < 1.29 is 23.0 Å². The van der Waals surface area contributed by atoms with Gasteiger partial charge in [0.15, 0.2) is 17.5 Å². The maximum Gasteiger partial charge on any atom is 0.167 e. The van der Waals surface area contributed by atoms with Gasteiger partial charge in [0.2, 0.25) is 0 Å². The lowest BCUT2D eigenvalue weighted by atomic mass is 10.1. The van der Waals surface area contributed by atoms with Crippen molar-refractivity contribution >= 4 is 5.69 Å². The number of ether oxygens (including phenoxy) is 1. The molecule has 0 heterocycles. The molecule has 0 saturated heterocycles. The van der Waals surface area contributed by atoms with Crippen LogP contribution in [0.4, 0.5) is 18.9 Å². The van der Waals surface area contributed by atoms with Crippen LogP contribution in [-0.2, 0) is 18.0 Å². The molecule has 0 radical (unpaired) electrons. The summed E-state index contributed by atoms with van der Waals surface area (Å²) < 4.78 is 46.1. The Hall–Kier alpha value is -1.27. The highest BCUT2D eigenvalue weighted by atomic mass is 19.2. The lowest BCUT2D eigenvalue weighted by Crippen LogP contribution is -2.13. The minimum atomic E-state index is -1.32. The molecule has 2 N–H and O–H groups in total. The molecule has 1 aromatic carbocycles. The third-order valence-electron chi connectivity index (χ3n) is 2.79. The third kappa shape index (κ3) is 3.39. The van der Waals surface area contributed by atoms with Crippen molar-refractivity contribution in [1.29, 1.82) is 0 Å². The largest absolute Gasteiger partial charge is 0.391 e. The van der Waals surface area contributed by atoms with Crippen molar-refractivity contribution in [2.24, 2.45) is 0 Å². The first kappa shape index (κ1) is 15.8. The molecule has 0 amide bonds. The topological polar surface area (TPSA) is 41.5 Å². The van der Waals surface area contributed by atoms with E-state index in [1.807, 2.05) is 6.92 Å². The molecule has 0 atom stereocenters. The predicted octanol–water partition coefficient (Wildman–Crippen LogP) is 2.95. The van der Waals surface area contributed by atoms with Gasteiger partial charge in [-0.05, 0) is 6.42 Å². The molecule has 0 unspecified atom stereocenters. The molecule has 0 fully saturated rings. The molecule has 1 rings (SSSR count). The van der Waals surface area contributed by atoms with Gasteiger partial charge in [0.25, 0.3) is 0 Å². The van der Waals surface area contributed by atoms with E-state index in [1.54, 1.807) is 0 Å². The number of aliphatic hydroxyl groups is 1. The number of aliphatic hydroxyl groups excluding tert-OH is 1. The molecule has 0 aliphatic rings. The van der Waals surface area contributed by atoms with Gasteiger partial charge in [-0.25, -0.2) is 13.2 Å². The van der Waals surface area contributed by atoms with Crippen molar-refractivity contribution in [1.82, 2.24) is 0 Å². The highest BCUT2D eigenvalue weighted by molar-refractivity contribution is 5.55. The van der Waals surface area contributed by atoms with E-state index in [0.29, 0.717) is 6.54 Å². The van der Waals surface area contributed by atoms with Crippen LogP contribution >= 0.6 is 0 Å². The first-order valence-electron chi connectivity index (χ1n) is 6.10. The van der Waals surface area contributed by atoms with Crippen molar-refractivity contribution in [3.05, 3.63) is 28.6 Å². The maximum absolute atomic E-state index is 14.1. The summed E-state index contributed by atoms with van der Waals surface area (Å²) in [6.07, 6.45) is 1.63. The monoisotopic (exact) mass is 277 g/mol. The number of hydrogen-bond donors (Lipinski definition) is 2. The van der Waals surface area contributed by atoms with Crippen molar-refractivity contribution in [3.8, 4) is 0 Å². The smallest absolute Gasteiger partial charge is 0.167 e. The zero-order valence-corrected chi connectivity index (χ0v) is 11.0. The molecular weight excluding hydrogens is 259 g/mol. The number of benzene rings is 1. The summed E-state index contributed by atoms with van der Waals surface area (Å²) in [6, 6.07) is 0. The predicted molar refractivity (Wildman–Crippen MR) is 66.3 cm³/mol. The van der Waals surface area contributed by atoms with Crippen LogP contribution in [0.1, 0.15) is 30.9 Å². The zero-order chi connectivity index (χ0) is 14.4. The van der Waals surface area contributed by atoms with Crippen LogP contribution in [0.25, 0.3) is 0 Å². The standard InChI is InChI=1S/C13H18F3NO2/c1-3-4-5-17-13-8(6-18)10(14)11(15)9(7-19-2)12(13)16/h17-18H,3-7H2,1-2H3. The Kier molecular flexibility index (Phi) is 6.11. The first-order valence-corrected chi connectivity index (χ1v) is 6.10. The number of unbranched alkanes of at least 4 members (excludes halogenated alkanes) is 1. The minimum Gasteiger partial charge on any atom is -0.391 e. The molecule has 1 aromatic rings. The second kappa shape index (κ2) is 7.35. The fourth-order valence-electron chi connectivity index (χ4n) is 1.75. The van der Waals surface area contributed by atoms with Crippen LogP contribution in [0.15, 0.2) is 0 Å². The SMILES string of the molecule is CCCCNc1c(F)c(COC)c(F)c(F)c1CO. The molecule has 0 bridgehead atoms. The van der Waals surface area contributed by atoms with E-state index in [0.717, 1.165) is 12.8 Å².